The molecule has 0 amide bonds. The first-order chi connectivity index (χ1) is 8.22. The number of rotatable bonds is 4. The first kappa shape index (κ1) is 12.0. The molecule has 0 aliphatic carbocycles. The minimum Gasteiger partial charge on any atom is -0.460 e. The number of hydrogen-bond acceptors (Lipinski definition) is 5. The molecule has 0 bridgehead atoms. The average molecular weight is 239 g/mol. The summed E-state index contributed by atoms with van der Waals surface area (Å²) in [6.45, 7) is 5.34. The summed E-state index contributed by atoms with van der Waals surface area (Å²) in [5.74, 6) is 0.550. The van der Waals surface area contributed by atoms with Crippen molar-refractivity contribution in [2.24, 2.45) is 0 Å². The lowest BCUT2D eigenvalue weighted by Gasteiger charge is -2.12. The molecule has 1 fully saturated rings. The predicted octanol–water partition coefficient (Wildman–Crippen LogP) is 0.942. The van der Waals surface area contributed by atoms with E-state index in [-0.39, 0.29) is 11.9 Å². The second kappa shape index (κ2) is 5.27. The highest BCUT2D eigenvalue weighted by Gasteiger charge is 2.23. The summed E-state index contributed by atoms with van der Waals surface area (Å²) in [6, 6.07) is 0. The maximum Gasteiger partial charge on any atom is 0.376 e. The Morgan fingerprint density at radius 3 is 3.06 bits per heavy atom. The zero-order valence-electron chi connectivity index (χ0n) is 10.2. The lowest BCUT2D eigenvalue weighted by Crippen LogP contribution is -2.21. The molecule has 0 N–H and O–H groups in total. The number of ether oxygens (including phenoxy) is 2. The summed E-state index contributed by atoms with van der Waals surface area (Å²) in [5.41, 5.74) is 0. The van der Waals surface area contributed by atoms with Gasteiger partial charge in [-0.05, 0) is 26.7 Å². The molecule has 0 saturated carbocycles. The third-order valence-electron chi connectivity index (χ3n) is 2.80. The standard InChI is InChI=1S/C11H17N3O3/c1-3-16-11(15)10-13-12-8(2)14(10)7-9-5-4-6-17-9/h9H,3-7H2,1-2H3. The second-order valence-electron chi connectivity index (χ2n) is 4.04. The number of nitrogens with zero attached hydrogens (tertiary/aromatic N) is 3. The van der Waals surface area contributed by atoms with Crippen LogP contribution in [0.4, 0.5) is 0 Å². The Balaban J connectivity index is 2.13. The van der Waals surface area contributed by atoms with E-state index in [4.69, 9.17) is 9.47 Å². The monoisotopic (exact) mass is 239 g/mol. The van der Waals surface area contributed by atoms with E-state index >= 15 is 0 Å². The fourth-order valence-electron chi connectivity index (χ4n) is 1.94. The van der Waals surface area contributed by atoms with Crippen molar-refractivity contribution >= 4 is 5.97 Å². The zero-order chi connectivity index (χ0) is 12.3. The second-order valence-corrected chi connectivity index (χ2v) is 4.04. The van der Waals surface area contributed by atoms with Gasteiger partial charge in [-0.3, -0.25) is 0 Å². The summed E-state index contributed by atoms with van der Waals surface area (Å²) >= 11 is 0. The Morgan fingerprint density at radius 2 is 2.41 bits per heavy atom. The van der Waals surface area contributed by atoms with Crippen LogP contribution in [0.5, 0.6) is 0 Å². The molecular formula is C11H17N3O3. The molecular weight excluding hydrogens is 222 g/mol. The Hall–Kier alpha value is -1.43. The molecule has 1 unspecified atom stereocenters. The van der Waals surface area contributed by atoms with Gasteiger partial charge in [0.1, 0.15) is 5.82 Å². The van der Waals surface area contributed by atoms with Gasteiger partial charge in [-0.2, -0.15) is 0 Å². The van der Waals surface area contributed by atoms with Gasteiger partial charge in [0.25, 0.3) is 0 Å². The highest BCUT2D eigenvalue weighted by molar-refractivity contribution is 5.85. The van der Waals surface area contributed by atoms with Gasteiger partial charge < -0.3 is 14.0 Å². The van der Waals surface area contributed by atoms with Crippen molar-refractivity contribution in [3.05, 3.63) is 11.6 Å². The minimum atomic E-state index is -0.425. The fourth-order valence-corrected chi connectivity index (χ4v) is 1.94. The van der Waals surface area contributed by atoms with Crippen molar-refractivity contribution in [3.8, 4) is 0 Å². The molecule has 94 valence electrons. The normalized spacial score (nSPS) is 19.5. The lowest BCUT2D eigenvalue weighted by atomic mass is 10.2. The van der Waals surface area contributed by atoms with Gasteiger partial charge in [-0.25, -0.2) is 4.79 Å². The quantitative estimate of drug-likeness (QED) is 0.732. The Kier molecular flexibility index (Phi) is 3.73. The molecule has 1 aromatic heterocycles. The highest BCUT2D eigenvalue weighted by Crippen LogP contribution is 2.16. The van der Waals surface area contributed by atoms with Crippen LogP contribution in [0.2, 0.25) is 0 Å². The fraction of sp³-hybridized carbons (Fsp3) is 0.727. The molecule has 0 spiro atoms. The van der Waals surface area contributed by atoms with Crippen LogP contribution in [0.25, 0.3) is 0 Å². The number of aryl methyl sites for hydroxylation is 1. The molecule has 0 radical (unpaired) electrons. The summed E-state index contributed by atoms with van der Waals surface area (Å²) < 4.78 is 12.3. The number of hydrogen-bond donors (Lipinski definition) is 0. The first-order valence-electron chi connectivity index (χ1n) is 5.91. The third-order valence-corrected chi connectivity index (χ3v) is 2.80. The Labute approximate surface area is 99.9 Å². The number of carbonyl (C=O) groups is 1. The van der Waals surface area contributed by atoms with Crippen LogP contribution in [0, 0.1) is 6.92 Å². The summed E-state index contributed by atoms with van der Waals surface area (Å²) in [7, 11) is 0. The van der Waals surface area contributed by atoms with Gasteiger partial charge in [-0.1, -0.05) is 0 Å². The SMILES string of the molecule is CCOC(=O)c1nnc(C)n1CC1CCCO1. The van der Waals surface area contributed by atoms with E-state index in [0.29, 0.717) is 19.0 Å². The molecule has 2 rings (SSSR count). The van der Waals surface area contributed by atoms with Crippen LogP contribution in [-0.4, -0.2) is 40.1 Å². The molecule has 2 heterocycles. The topological polar surface area (TPSA) is 66.2 Å². The van der Waals surface area contributed by atoms with Crippen molar-refractivity contribution in [2.75, 3.05) is 13.2 Å². The molecule has 6 nitrogen and oxygen atoms in total. The summed E-state index contributed by atoms with van der Waals surface area (Å²) in [6.07, 6.45) is 2.23. The van der Waals surface area contributed by atoms with Gasteiger partial charge in [-0.15, -0.1) is 10.2 Å². The zero-order valence-corrected chi connectivity index (χ0v) is 10.2. The van der Waals surface area contributed by atoms with E-state index in [0.717, 1.165) is 19.4 Å². The van der Waals surface area contributed by atoms with Crippen LogP contribution in [0.15, 0.2) is 0 Å². The summed E-state index contributed by atoms with van der Waals surface area (Å²) in [5, 5.41) is 7.78. The van der Waals surface area contributed by atoms with Gasteiger partial charge in [0.15, 0.2) is 0 Å². The molecule has 1 aromatic rings. The smallest absolute Gasteiger partial charge is 0.376 e. The molecule has 1 atom stereocenters. The van der Waals surface area contributed by atoms with Crippen LogP contribution in [-0.2, 0) is 16.0 Å². The molecule has 17 heavy (non-hydrogen) atoms. The highest BCUT2D eigenvalue weighted by atomic mass is 16.5. The van der Waals surface area contributed by atoms with Crippen LogP contribution in [0.3, 0.4) is 0 Å². The first-order valence-corrected chi connectivity index (χ1v) is 5.91. The molecule has 1 aliphatic heterocycles. The van der Waals surface area contributed by atoms with Crippen molar-refractivity contribution in [1.29, 1.82) is 0 Å². The van der Waals surface area contributed by atoms with Crippen molar-refractivity contribution in [3.63, 3.8) is 0 Å². The maximum absolute atomic E-state index is 11.7. The molecule has 6 heteroatoms. The molecule has 1 aliphatic rings. The number of esters is 1. The maximum atomic E-state index is 11.7. The van der Waals surface area contributed by atoms with Gasteiger partial charge in [0, 0.05) is 6.61 Å². The van der Waals surface area contributed by atoms with E-state index < -0.39 is 5.97 Å². The van der Waals surface area contributed by atoms with Gasteiger partial charge in [0.2, 0.25) is 5.82 Å². The minimum absolute atomic E-state index is 0.151. The Bertz CT molecular complexity index is 397. The largest absolute Gasteiger partial charge is 0.460 e. The van der Waals surface area contributed by atoms with E-state index in [1.54, 1.807) is 11.5 Å². The van der Waals surface area contributed by atoms with Crippen LogP contribution in [0.1, 0.15) is 36.2 Å². The number of carbonyl (C=O) groups excluding carboxylic acids is 1. The van der Waals surface area contributed by atoms with Gasteiger partial charge >= 0.3 is 5.97 Å². The van der Waals surface area contributed by atoms with E-state index in [9.17, 15) is 4.79 Å². The predicted molar refractivity (Wildman–Crippen MR) is 59.7 cm³/mol. The average Bonchev–Trinajstić information content (AvgIpc) is 2.91. The van der Waals surface area contributed by atoms with Crippen LogP contribution >= 0.6 is 0 Å². The summed E-state index contributed by atoms with van der Waals surface area (Å²) in [4.78, 5) is 11.7. The van der Waals surface area contributed by atoms with Crippen molar-refractivity contribution < 1.29 is 14.3 Å². The van der Waals surface area contributed by atoms with Gasteiger partial charge in [0.05, 0.1) is 19.3 Å². The van der Waals surface area contributed by atoms with E-state index in [2.05, 4.69) is 10.2 Å². The molecule has 1 saturated heterocycles. The Morgan fingerprint density at radius 1 is 1.59 bits per heavy atom. The van der Waals surface area contributed by atoms with E-state index in [1.807, 2.05) is 6.92 Å². The third kappa shape index (κ3) is 2.63. The number of aromatic nitrogens is 3. The van der Waals surface area contributed by atoms with Crippen molar-refractivity contribution in [1.82, 2.24) is 14.8 Å². The molecule has 0 aromatic carbocycles. The van der Waals surface area contributed by atoms with E-state index in [1.165, 1.54) is 0 Å². The van der Waals surface area contributed by atoms with Crippen LogP contribution < -0.4 is 0 Å². The van der Waals surface area contributed by atoms with Crippen molar-refractivity contribution in [2.45, 2.75) is 39.3 Å². The lowest BCUT2D eigenvalue weighted by molar-refractivity contribution is 0.0495.